The van der Waals surface area contributed by atoms with Gasteiger partial charge in [-0.25, -0.2) is 8.42 Å². The molecule has 0 atom stereocenters. The van der Waals surface area contributed by atoms with Gasteiger partial charge in [0.15, 0.2) is 0 Å². The lowest BCUT2D eigenvalue weighted by Gasteiger charge is -2.19. The van der Waals surface area contributed by atoms with E-state index < -0.39 is 27.6 Å². The number of rotatable bonds is 7. The number of hydrogen-bond donors (Lipinski definition) is 2. The Morgan fingerprint density at radius 1 is 1.06 bits per heavy atom. The molecule has 1 heterocycles. The Balaban J connectivity index is 2.14. The lowest BCUT2D eigenvalue weighted by molar-refractivity contribution is 0.0778. The van der Waals surface area contributed by atoms with Crippen LogP contribution in [-0.2, 0) is 16.4 Å². The zero-order valence-electron chi connectivity index (χ0n) is 18.2. The van der Waals surface area contributed by atoms with Gasteiger partial charge in [0.25, 0.3) is 11.8 Å². The van der Waals surface area contributed by atoms with Crippen molar-refractivity contribution in [3.05, 3.63) is 81.1 Å². The summed E-state index contributed by atoms with van der Waals surface area (Å²) in [4.78, 5) is 29.4. The minimum atomic E-state index is -4.14. The average Bonchev–Trinajstić information content (AvgIpc) is 3.18. The van der Waals surface area contributed by atoms with Crippen LogP contribution in [0.2, 0.25) is 10.0 Å². The number of halogens is 2. The van der Waals surface area contributed by atoms with E-state index in [-0.39, 0.29) is 33.3 Å². The second-order valence-electron chi connectivity index (χ2n) is 7.85. The van der Waals surface area contributed by atoms with E-state index in [1.807, 2.05) is 0 Å². The third-order valence-corrected chi connectivity index (χ3v) is 7.56. The topological polar surface area (TPSA) is 113 Å². The van der Waals surface area contributed by atoms with Crippen LogP contribution in [0.25, 0.3) is 0 Å². The second kappa shape index (κ2) is 9.59. The van der Waals surface area contributed by atoms with Crippen LogP contribution >= 0.6 is 23.2 Å². The van der Waals surface area contributed by atoms with Crippen molar-refractivity contribution in [2.75, 3.05) is 7.05 Å². The van der Waals surface area contributed by atoms with Crippen molar-refractivity contribution in [3.8, 4) is 0 Å². The van der Waals surface area contributed by atoms with Crippen molar-refractivity contribution >= 4 is 44.9 Å². The Morgan fingerprint density at radius 3 is 2.24 bits per heavy atom. The van der Waals surface area contributed by atoms with Crippen molar-refractivity contribution in [1.82, 2.24) is 9.88 Å². The van der Waals surface area contributed by atoms with Gasteiger partial charge in [-0.15, -0.1) is 0 Å². The zero-order valence-corrected chi connectivity index (χ0v) is 20.6. The molecule has 1 aromatic heterocycles. The number of carbonyl (C=O) groups excluding carboxylic acids is 2. The number of aromatic amines is 1. The molecule has 2 aromatic carbocycles. The number of carbonyl (C=O) groups is 2. The summed E-state index contributed by atoms with van der Waals surface area (Å²) in [6.07, 6.45) is 0. The van der Waals surface area contributed by atoms with Gasteiger partial charge in [-0.2, -0.15) is 0 Å². The number of nitrogens with one attached hydrogen (secondary N) is 1. The quantitative estimate of drug-likeness (QED) is 0.484. The first-order valence-corrected chi connectivity index (χ1v) is 12.2. The SMILES string of the molecule is CC(C)c1c(C(=O)N(C)Cc2ccc(Cl)cc2Cl)[nH]c(C(N)=O)c1S(=O)(=O)c1ccccc1. The molecule has 0 unspecified atom stereocenters. The van der Waals surface area contributed by atoms with Crippen molar-refractivity contribution in [2.24, 2.45) is 5.73 Å². The van der Waals surface area contributed by atoms with Gasteiger partial charge >= 0.3 is 0 Å². The first-order chi connectivity index (χ1) is 15.4. The zero-order chi connectivity index (χ0) is 24.5. The first-order valence-electron chi connectivity index (χ1n) is 10.00. The lowest BCUT2D eigenvalue weighted by atomic mass is 10.0. The molecule has 3 rings (SSSR count). The number of amides is 2. The predicted octanol–water partition coefficient (Wildman–Crippen LogP) is 4.65. The summed E-state index contributed by atoms with van der Waals surface area (Å²) in [6, 6.07) is 12.6. The van der Waals surface area contributed by atoms with Gasteiger partial charge in [0, 0.05) is 29.2 Å². The summed E-state index contributed by atoms with van der Waals surface area (Å²) in [7, 11) is -2.59. The number of benzene rings is 2. The molecule has 33 heavy (non-hydrogen) atoms. The smallest absolute Gasteiger partial charge is 0.270 e. The Labute approximate surface area is 202 Å². The highest BCUT2D eigenvalue weighted by Crippen LogP contribution is 2.35. The summed E-state index contributed by atoms with van der Waals surface area (Å²) in [5.41, 5.74) is 6.03. The number of nitrogens with zero attached hydrogens (tertiary/aromatic N) is 1. The van der Waals surface area contributed by atoms with Crippen molar-refractivity contribution in [2.45, 2.75) is 36.1 Å². The fourth-order valence-corrected chi connectivity index (χ4v) is 5.82. The number of primary amides is 1. The maximum Gasteiger partial charge on any atom is 0.270 e. The van der Waals surface area contributed by atoms with Gasteiger partial charge < -0.3 is 15.6 Å². The van der Waals surface area contributed by atoms with E-state index in [1.54, 1.807) is 57.3 Å². The molecule has 2 amide bonds. The van der Waals surface area contributed by atoms with E-state index in [0.29, 0.717) is 15.6 Å². The van der Waals surface area contributed by atoms with Crippen LogP contribution in [0, 0.1) is 0 Å². The number of H-pyrrole nitrogens is 1. The summed E-state index contributed by atoms with van der Waals surface area (Å²) in [6.45, 7) is 3.62. The van der Waals surface area contributed by atoms with E-state index in [4.69, 9.17) is 28.9 Å². The van der Waals surface area contributed by atoms with Gasteiger partial charge in [-0.1, -0.05) is 61.3 Å². The van der Waals surface area contributed by atoms with Crippen LogP contribution in [0.4, 0.5) is 0 Å². The maximum absolute atomic E-state index is 13.5. The molecule has 0 saturated heterocycles. The van der Waals surface area contributed by atoms with E-state index in [0.717, 1.165) is 0 Å². The number of sulfone groups is 1. The molecule has 0 saturated carbocycles. The van der Waals surface area contributed by atoms with E-state index in [1.165, 1.54) is 17.0 Å². The van der Waals surface area contributed by atoms with Crippen molar-refractivity contribution < 1.29 is 18.0 Å². The molecule has 0 spiro atoms. The molecule has 0 bridgehead atoms. The average molecular weight is 508 g/mol. The third kappa shape index (κ3) is 4.93. The highest BCUT2D eigenvalue weighted by molar-refractivity contribution is 7.91. The van der Waals surface area contributed by atoms with Crippen molar-refractivity contribution in [3.63, 3.8) is 0 Å². The van der Waals surface area contributed by atoms with Gasteiger partial charge in [-0.05, 0) is 35.7 Å². The molecule has 0 radical (unpaired) electrons. The lowest BCUT2D eigenvalue weighted by Crippen LogP contribution is -2.28. The van der Waals surface area contributed by atoms with Crippen LogP contribution in [-0.4, -0.2) is 37.2 Å². The molecule has 174 valence electrons. The Kier molecular flexibility index (Phi) is 7.21. The molecule has 0 aliphatic carbocycles. The summed E-state index contributed by atoms with van der Waals surface area (Å²) in [5, 5.41) is 0.856. The fraction of sp³-hybridized carbons (Fsp3) is 0.217. The highest BCUT2D eigenvalue weighted by atomic mass is 35.5. The first kappa shape index (κ1) is 24.8. The normalized spacial score (nSPS) is 11.6. The molecule has 0 fully saturated rings. The Bertz CT molecular complexity index is 1320. The molecule has 10 heteroatoms. The monoisotopic (exact) mass is 507 g/mol. The van der Waals surface area contributed by atoms with Crippen LogP contribution in [0.5, 0.6) is 0 Å². The summed E-state index contributed by atoms with van der Waals surface area (Å²) < 4.78 is 27.0. The fourth-order valence-electron chi connectivity index (χ4n) is 3.56. The molecule has 0 aliphatic heterocycles. The number of nitrogens with two attached hydrogens (primary N) is 1. The standard InChI is InChI=1S/C23H23Cl2N3O4S/c1-13(2)18-19(23(30)28(3)12-14-9-10-15(24)11-17(14)25)27-20(22(26)29)21(18)33(31,32)16-7-5-4-6-8-16/h4-11,13,27H,12H2,1-3H3,(H2,26,29). The molecular weight excluding hydrogens is 485 g/mol. The largest absolute Gasteiger partial charge is 0.364 e. The van der Waals surface area contributed by atoms with Crippen LogP contribution in [0.3, 0.4) is 0 Å². The van der Waals surface area contributed by atoms with E-state index in [9.17, 15) is 18.0 Å². The second-order valence-corrected chi connectivity index (χ2v) is 10.6. The van der Waals surface area contributed by atoms with Gasteiger partial charge in [-0.3, -0.25) is 9.59 Å². The Hall–Kier alpha value is -2.81. The summed E-state index contributed by atoms with van der Waals surface area (Å²) >= 11 is 12.2. The molecule has 3 aromatic rings. The molecular formula is C23H23Cl2N3O4S. The molecule has 3 N–H and O–H groups in total. The van der Waals surface area contributed by atoms with Crippen LogP contribution in [0.15, 0.2) is 58.3 Å². The van der Waals surface area contributed by atoms with Gasteiger partial charge in [0.05, 0.1) is 4.90 Å². The highest BCUT2D eigenvalue weighted by Gasteiger charge is 2.35. The van der Waals surface area contributed by atoms with Crippen molar-refractivity contribution in [1.29, 1.82) is 0 Å². The molecule has 7 nitrogen and oxygen atoms in total. The number of aromatic nitrogens is 1. The minimum absolute atomic E-state index is 0.00583. The molecule has 0 aliphatic rings. The van der Waals surface area contributed by atoms with Crippen LogP contribution in [0.1, 0.15) is 51.9 Å². The minimum Gasteiger partial charge on any atom is -0.364 e. The third-order valence-electron chi connectivity index (χ3n) is 5.12. The Morgan fingerprint density at radius 2 is 1.70 bits per heavy atom. The van der Waals surface area contributed by atoms with Gasteiger partial charge in [0.1, 0.15) is 16.3 Å². The van der Waals surface area contributed by atoms with Gasteiger partial charge in [0.2, 0.25) is 9.84 Å². The maximum atomic E-state index is 13.5. The van der Waals surface area contributed by atoms with Crippen LogP contribution < -0.4 is 5.73 Å². The summed E-state index contributed by atoms with van der Waals surface area (Å²) in [5.74, 6) is -1.90. The van der Waals surface area contributed by atoms with E-state index in [2.05, 4.69) is 4.98 Å². The predicted molar refractivity (Wildman–Crippen MR) is 128 cm³/mol. The van der Waals surface area contributed by atoms with E-state index >= 15 is 0 Å². The number of hydrogen-bond acceptors (Lipinski definition) is 4.